The highest BCUT2D eigenvalue weighted by molar-refractivity contribution is 6.35. The van der Waals surface area contributed by atoms with E-state index in [0.717, 1.165) is 51.4 Å². The monoisotopic (exact) mass is 591 g/mol. The molecule has 2 fully saturated rings. The molecule has 1 aromatic rings. The highest BCUT2D eigenvalue weighted by Gasteiger charge is 2.43. The summed E-state index contributed by atoms with van der Waals surface area (Å²) in [5.41, 5.74) is -1.36. The van der Waals surface area contributed by atoms with Crippen LogP contribution >= 0.6 is 23.2 Å². The van der Waals surface area contributed by atoms with Gasteiger partial charge in [0, 0.05) is 50.9 Å². The van der Waals surface area contributed by atoms with E-state index in [1.54, 1.807) is 0 Å². The summed E-state index contributed by atoms with van der Waals surface area (Å²) >= 11 is 12.5. The molecule has 1 atom stereocenters. The average Bonchev–Trinajstić information content (AvgIpc) is 2.88. The molecule has 2 aliphatic rings. The first-order valence-electron chi connectivity index (χ1n) is 13.3. The Bertz CT molecular complexity index is 1020. The summed E-state index contributed by atoms with van der Waals surface area (Å²) in [5.74, 6) is -0.777. The zero-order valence-corrected chi connectivity index (χ0v) is 24.2. The number of alkyl halides is 3. The molecule has 1 unspecified atom stereocenters. The highest BCUT2D eigenvalue weighted by atomic mass is 35.5. The first-order valence-corrected chi connectivity index (χ1v) is 14.1. The first kappa shape index (κ1) is 31.6. The van der Waals surface area contributed by atoms with Gasteiger partial charge in [0.1, 0.15) is 5.70 Å². The minimum Gasteiger partial charge on any atom is -0.386 e. The van der Waals surface area contributed by atoms with Gasteiger partial charge in [0.15, 0.2) is 0 Å². The second kappa shape index (κ2) is 14.1. The molecule has 1 amide bonds. The van der Waals surface area contributed by atoms with Crippen LogP contribution in [0.4, 0.5) is 13.2 Å². The number of aliphatic imine (C=N–C) groups is 1. The number of aliphatic hydroxyl groups is 1. The van der Waals surface area contributed by atoms with Gasteiger partial charge in [-0.05, 0) is 51.7 Å². The fraction of sp³-hybridized carbons (Fsp3) is 0.667. The SMILES string of the molecule is CN=CC(C(=O)N(CC1CCN(C)CC1)CC(O)c1c(Cl)cncc1Cl)=C(N(C)C1CCCCC1)C(F)(F)F. The Balaban J connectivity index is 2.03. The number of piperidine rings is 1. The number of pyridine rings is 1. The second-order valence-corrected chi connectivity index (χ2v) is 11.4. The number of hydrogen-bond acceptors (Lipinski definition) is 6. The lowest BCUT2D eigenvalue weighted by molar-refractivity contribution is -0.132. The Kier molecular flexibility index (Phi) is 11.5. The summed E-state index contributed by atoms with van der Waals surface area (Å²) in [6.45, 7) is 1.53. The Hall–Kier alpha value is -1.88. The molecule has 0 aromatic carbocycles. The van der Waals surface area contributed by atoms with Gasteiger partial charge in [-0.25, -0.2) is 0 Å². The van der Waals surface area contributed by atoms with Crippen molar-refractivity contribution in [2.45, 2.75) is 63.3 Å². The smallest absolute Gasteiger partial charge is 0.386 e. The Morgan fingerprint density at radius 3 is 2.31 bits per heavy atom. The number of aromatic nitrogens is 1. The maximum Gasteiger partial charge on any atom is 0.431 e. The molecule has 0 spiro atoms. The van der Waals surface area contributed by atoms with Gasteiger partial charge in [-0.2, -0.15) is 13.2 Å². The van der Waals surface area contributed by atoms with Gasteiger partial charge in [-0.1, -0.05) is 42.5 Å². The summed E-state index contributed by atoms with van der Waals surface area (Å²) in [6, 6.07) is -0.328. The van der Waals surface area contributed by atoms with Gasteiger partial charge in [0.2, 0.25) is 0 Å². The molecule has 1 aromatic heterocycles. The van der Waals surface area contributed by atoms with Crippen LogP contribution in [0.3, 0.4) is 0 Å². The summed E-state index contributed by atoms with van der Waals surface area (Å²) in [4.78, 5) is 26.4. The van der Waals surface area contributed by atoms with Crippen molar-refractivity contribution in [3.63, 3.8) is 0 Å². The molecular weight excluding hydrogens is 554 g/mol. The largest absolute Gasteiger partial charge is 0.431 e. The summed E-state index contributed by atoms with van der Waals surface area (Å²) in [5, 5.41) is 11.3. The molecule has 0 bridgehead atoms. The fourth-order valence-corrected chi connectivity index (χ4v) is 6.16. The fourth-order valence-electron chi connectivity index (χ4n) is 5.55. The number of carbonyl (C=O) groups excluding carboxylic acids is 1. The van der Waals surface area contributed by atoms with Crippen LogP contribution in [0.2, 0.25) is 10.0 Å². The van der Waals surface area contributed by atoms with E-state index < -0.39 is 29.5 Å². The van der Waals surface area contributed by atoms with Crippen LogP contribution in [-0.4, -0.2) is 96.5 Å². The van der Waals surface area contributed by atoms with E-state index in [1.807, 2.05) is 7.05 Å². The predicted molar refractivity (Wildman–Crippen MR) is 148 cm³/mol. The number of amides is 1. The third kappa shape index (κ3) is 8.31. The van der Waals surface area contributed by atoms with E-state index in [9.17, 15) is 23.1 Å². The van der Waals surface area contributed by atoms with Gasteiger partial charge in [-0.15, -0.1) is 0 Å². The molecule has 1 N–H and O–H groups in total. The van der Waals surface area contributed by atoms with Crippen LogP contribution in [-0.2, 0) is 4.79 Å². The standard InChI is InChI=1S/C27H38Cl2F3N5O2/c1-33-13-20(25(27(30,31)32)36(3)19-7-5-4-6-8-19)26(39)37(16-18-9-11-35(2)12-10-18)17-23(38)24-21(28)14-34-15-22(24)29/h13-15,18-19,23,38H,4-12,16-17H2,1-3H3. The molecule has 1 aliphatic heterocycles. The van der Waals surface area contributed by atoms with Crippen LogP contribution < -0.4 is 0 Å². The van der Waals surface area contributed by atoms with Crippen LogP contribution in [0.1, 0.15) is 56.6 Å². The number of allylic oxidation sites excluding steroid dienone is 1. The molecule has 0 radical (unpaired) electrons. The van der Waals surface area contributed by atoms with E-state index in [0.29, 0.717) is 12.8 Å². The number of carbonyl (C=O) groups is 1. The maximum absolute atomic E-state index is 14.6. The number of aliphatic hydroxyl groups excluding tert-OH is 1. The molecule has 1 saturated carbocycles. The van der Waals surface area contributed by atoms with Gasteiger partial charge in [0.25, 0.3) is 5.91 Å². The Morgan fingerprint density at radius 2 is 1.77 bits per heavy atom. The van der Waals surface area contributed by atoms with Gasteiger partial charge in [0.05, 0.1) is 28.3 Å². The van der Waals surface area contributed by atoms with Crippen molar-refractivity contribution in [1.29, 1.82) is 0 Å². The minimum absolute atomic E-state index is 0.0611. The second-order valence-electron chi connectivity index (χ2n) is 10.5. The molecular formula is C27H38Cl2F3N5O2. The highest BCUT2D eigenvalue weighted by Crippen LogP contribution is 2.36. The summed E-state index contributed by atoms with van der Waals surface area (Å²) in [6.07, 6.45) is 3.00. The van der Waals surface area contributed by atoms with Crippen molar-refractivity contribution in [1.82, 2.24) is 19.7 Å². The maximum atomic E-state index is 14.6. The molecule has 2 heterocycles. The molecule has 7 nitrogen and oxygen atoms in total. The number of halogens is 5. The topological polar surface area (TPSA) is 72.3 Å². The summed E-state index contributed by atoms with van der Waals surface area (Å²) < 4.78 is 43.9. The molecule has 3 rings (SSSR count). The number of rotatable bonds is 9. The lowest BCUT2D eigenvalue weighted by atomic mass is 9.93. The Labute approximate surface area is 238 Å². The van der Waals surface area contributed by atoms with Crippen LogP contribution in [0.5, 0.6) is 0 Å². The van der Waals surface area contributed by atoms with Crippen molar-refractivity contribution in [3.05, 3.63) is 39.3 Å². The lowest BCUT2D eigenvalue weighted by Gasteiger charge is -2.37. The zero-order valence-electron chi connectivity index (χ0n) is 22.7. The third-order valence-corrected chi connectivity index (χ3v) is 8.31. The normalized spacial score (nSPS) is 19.7. The van der Waals surface area contributed by atoms with Crippen LogP contribution in [0.15, 0.2) is 28.7 Å². The molecule has 1 saturated heterocycles. The first-order chi connectivity index (χ1) is 18.4. The molecule has 12 heteroatoms. The lowest BCUT2D eigenvalue weighted by Crippen LogP contribution is -2.45. The number of likely N-dealkylation sites (tertiary alicyclic amines) is 1. The number of nitrogens with zero attached hydrogens (tertiary/aromatic N) is 5. The third-order valence-electron chi connectivity index (χ3n) is 7.71. The van der Waals surface area contributed by atoms with E-state index in [1.165, 1.54) is 36.3 Å². The minimum atomic E-state index is -4.78. The molecule has 39 heavy (non-hydrogen) atoms. The quantitative estimate of drug-likeness (QED) is 0.308. The Morgan fingerprint density at radius 1 is 1.18 bits per heavy atom. The van der Waals surface area contributed by atoms with Crippen molar-refractivity contribution in [2.75, 3.05) is 47.3 Å². The van der Waals surface area contributed by atoms with Crippen molar-refractivity contribution in [3.8, 4) is 0 Å². The summed E-state index contributed by atoms with van der Waals surface area (Å²) in [7, 11) is 4.75. The van der Waals surface area contributed by atoms with Crippen LogP contribution in [0, 0.1) is 5.92 Å². The number of hydrogen-bond donors (Lipinski definition) is 1. The zero-order chi connectivity index (χ0) is 28.7. The van der Waals surface area contributed by atoms with Crippen LogP contribution in [0.25, 0.3) is 0 Å². The predicted octanol–water partition coefficient (Wildman–Crippen LogP) is 5.37. The van der Waals surface area contributed by atoms with Crippen molar-refractivity contribution >= 4 is 35.3 Å². The van der Waals surface area contributed by atoms with Gasteiger partial charge >= 0.3 is 6.18 Å². The molecule has 1 aliphatic carbocycles. The van der Waals surface area contributed by atoms with Gasteiger partial charge in [-0.3, -0.25) is 14.8 Å². The van der Waals surface area contributed by atoms with E-state index in [-0.39, 0.29) is 40.7 Å². The molecule has 218 valence electrons. The van der Waals surface area contributed by atoms with E-state index in [4.69, 9.17) is 23.2 Å². The van der Waals surface area contributed by atoms with Crippen molar-refractivity contribution < 1.29 is 23.1 Å². The van der Waals surface area contributed by atoms with E-state index >= 15 is 0 Å². The van der Waals surface area contributed by atoms with E-state index in [2.05, 4.69) is 14.9 Å². The van der Waals surface area contributed by atoms with Gasteiger partial charge < -0.3 is 19.8 Å². The van der Waals surface area contributed by atoms with Crippen molar-refractivity contribution in [2.24, 2.45) is 10.9 Å². The average molecular weight is 593 g/mol.